The molecule has 0 N–H and O–H groups in total. The molecule has 4 nitrogen and oxygen atoms in total. The molecule has 1 aromatic rings. The Morgan fingerprint density at radius 3 is 2.68 bits per heavy atom. The lowest BCUT2D eigenvalue weighted by Crippen LogP contribution is -2.06. The van der Waals surface area contributed by atoms with Crippen molar-refractivity contribution in [2.75, 3.05) is 18.6 Å². The highest BCUT2D eigenvalue weighted by Gasteiger charge is 2.03. The molecule has 0 saturated heterocycles. The Morgan fingerprint density at radius 1 is 1.27 bits per heavy atom. The predicted molar refractivity (Wildman–Crippen MR) is 93.5 cm³/mol. The number of aromatic nitrogens is 2. The van der Waals surface area contributed by atoms with Gasteiger partial charge in [0.1, 0.15) is 5.03 Å². The molecular weight excluding hydrogens is 316 g/mol. The first kappa shape index (κ1) is 19.0. The molecule has 0 aromatic carbocycles. The molecule has 0 saturated carbocycles. The van der Waals surface area contributed by atoms with E-state index in [-0.39, 0.29) is 5.97 Å². The van der Waals surface area contributed by atoms with E-state index in [4.69, 9.17) is 4.74 Å². The number of hydrogen-bond acceptors (Lipinski definition) is 6. The largest absolute Gasteiger partial charge is 0.462 e. The van der Waals surface area contributed by atoms with Crippen LogP contribution in [0.4, 0.5) is 0 Å². The molecule has 1 aromatic heterocycles. The van der Waals surface area contributed by atoms with Gasteiger partial charge < -0.3 is 4.74 Å². The second-order valence-electron chi connectivity index (χ2n) is 5.01. The molecule has 0 aliphatic carbocycles. The van der Waals surface area contributed by atoms with Gasteiger partial charge in [-0.25, -0.2) is 14.8 Å². The average Bonchev–Trinajstić information content (AvgIpc) is 2.48. The van der Waals surface area contributed by atoms with Gasteiger partial charge in [0.05, 0.1) is 6.61 Å². The Balaban J connectivity index is 2.10. The van der Waals surface area contributed by atoms with Gasteiger partial charge in [-0.3, -0.25) is 0 Å². The first-order valence-electron chi connectivity index (χ1n) is 7.38. The molecule has 0 fully saturated rings. The Morgan fingerprint density at radius 2 is 2.00 bits per heavy atom. The van der Waals surface area contributed by atoms with Crippen LogP contribution in [0.2, 0.25) is 0 Å². The van der Waals surface area contributed by atoms with Crippen molar-refractivity contribution in [2.45, 2.75) is 49.7 Å². The number of nitrogens with zero attached hydrogens (tertiary/aromatic N) is 2. The molecule has 0 amide bonds. The summed E-state index contributed by atoms with van der Waals surface area (Å²) >= 11 is 3.35. The highest BCUT2D eigenvalue weighted by atomic mass is 32.2. The summed E-state index contributed by atoms with van der Waals surface area (Å²) in [7, 11) is 0. The van der Waals surface area contributed by atoms with Crippen molar-refractivity contribution in [1.82, 2.24) is 9.97 Å². The number of esters is 1. The maximum atomic E-state index is 11.2. The third-order valence-electron chi connectivity index (χ3n) is 2.86. The van der Waals surface area contributed by atoms with Crippen molar-refractivity contribution < 1.29 is 9.53 Å². The third kappa shape index (κ3) is 7.84. The molecule has 0 aliphatic rings. The summed E-state index contributed by atoms with van der Waals surface area (Å²) in [5.74, 6) is 0.759. The summed E-state index contributed by atoms with van der Waals surface area (Å²) in [5.41, 5.74) is 1.47. The van der Waals surface area contributed by atoms with Gasteiger partial charge >= 0.3 is 5.97 Å². The van der Waals surface area contributed by atoms with E-state index in [0.717, 1.165) is 47.3 Å². The molecule has 0 unspecified atom stereocenters. The van der Waals surface area contributed by atoms with Crippen LogP contribution in [-0.4, -0.2) is 34.6 Å². The van der Waals surface area contributed by atoms with Crippen LogP contribution in [0.3, 0.4) is 0 Å². The van der Waals surface area contributed by atoms with Gasteiger partial charge in [0.25, 0.3) is 0 Å². The van der Waals surface area contributed by atoms with Crippen LogP contribution in [0.15, 0.2) is 28.4 Å². The SMILES string of the molecule is C=C(C)C(=O)OCCCCCCSc1cc(C)nc(SC)n1. The zero-order valence-electron chi connectivity index (χ0n) is 13.6. The van der Waals surface area contributed by atoms with Gasteiger partial charge in [0.2, 0.25) is 0 Å². The summed E-state index contributed by atoms with van der Waals surface area (Å²) < 4.78 is 5.06. The van der Waals surface area contributed by atoms with E-state index in [0.29, 0.717) is 12.2 Å². The van der Waals surface area contributed by atoms with Crippen molar-refractivity contribution >= 4 is 29.5 Å². The van der Waals surface area contributed by atoms with Crippen molar-refractivity contribution in [1.29, 1.82) is 0 Å². The van der Waals surface area contributed by atoms with E-state index < -0.39 is 0 Å². The van der Waals surface area contributed by atoms with E-state index >= 15 is 0 Å². The second kappa shape index (κ2) is 10.7. The first-order chi connectivity index (χ1) is 10.5. The monoisotopic (exact) mass is 340 g/mol. The maximum absolute atomic E-state index is 11.2. The fraction of sp³-hybridized carbons (Fsp3) is 0.562. The highest BCUT2D eigenvalue weighted by Crippen LogP contribution is 2.21. The normalized spacial score (nSPS) is 10.5. The third-order valence-corrected chi connectivity index (χ3v) is 4.41. The van der Waals surface area contributed by atoms with E-state index in [1.54, 1.807) is 30.4 Å². The number of carbonyl (C=O) groups is 1. The fourth-order valence-corrected chi connectivity index (χ4v) is 3.15. The Labute approximate surface area is 141 Å². The topological polar surface area (TPSA) is 52.1 Å². The molecule has 0 spiro atoms. The highest BCUT2D eigenvalue weighted by molar-refractivity contribution is 7.99. The molecule has 22 heavy (non-hydrogen) atoms. The van der Waals surface area contributed by atoms with E-state index in [1.165, 1.54) is 0 Å². The number of carbonyl (C=O) groups excluding carboxylic acids is 1. The van der Waals surface area contributed by atoms with Crippen LogP contribution in [0, 0.1) is 6.92 Å². The lowest BCUT2D eigenvalue weighted by molar-refractivity contribution is -0.139. The van der Waals surface area contributed by atoms with Crippen molar-refractivity contribution in [3.05, 3.63) is 23.9 Å². The average molecular weight is 341 g/mol. The summed E-state index contributed by atoms with van der Waals surface area (Å²) in [6.45, 7) is 7.70. The number of thioether (sulfide) groups is 2. The zero-order chi connectivity index (χ0) is 16.4. The van der Waals surface area contributed by atoms with Crippen LogP contribution in [0.5, 0.6) is 0 Å². The van der Waals surface area contributed by atoms with Crippen molar-refractivity contribution in [3.63, 3.8) is 0 Å². The summed E-state index contributed by atoms with van der Waals surface area (Å²) in [5, 5.41) is 1.88. The standard InChI is InChI=1S/C16H24N2O2S2/c1-12(2)15(19)20-9-7-5-6-8-10-22-14-11-13(3)17-16(18-14)21-4/h11H,1,5-10H2,2-4H3. The van der Waals surface area contributed by atoms with E-state index in [2.05, 4.69) is 16.5 Å². The Bertz CT molecular complexity index is 507. The summed E-state index contributed by atoms with van der Waals surface area (Å²) in [6, 6.07) is 2.03. The van der Waals surface area contributed by atoms with Gasteiger partial charge in [-0.15, -0.1) is 11.8 Å². The van der Waals surface area contributed by atoms with Gasteiger partial charge in [0, 0.05) is 11.3 Å². The molecule has 0 aliphatic heterocycles. The van der Waals surface area contributed by atoms with Gasteiger partial charge in [0.15, 0.2) is 5.16 Å². The summed E-state index contributed by atoms with van der Waals surface area (Å²) in [6.07, 6.45) is 6.24. The summed E-state index contributed by atoms with van der Waals surface area (Å²) in [4.78, 5) is 20.0. The Kier molecular flexibility index (Phi) is 9.24. The van der Waals surface area contributed by atoms with Crippen LogP contribution >= 0.6 is 23.5 Å². The number of hydrogen-bond donors (Lipinski definition) is 0. The second-order valence-corrected chi connectivity index (χ2v) is 6.90. The molecule has 0 bridgehead atoms. The van der Waals surface area contributed by atoms with E-state index in [9.17, 15) is 4.79 Å². The first-order valence-corrected chi connectivity index (χ1v) is 9.59. The van der Waals surface area contributed by atoms with Crippen LogP contribution < -0.4 is 0 Å². The fourth-order valence-electron chi connectivity index (χ4n) is 1.70. The smallest absolute Gasteiger partial charge is 0.333 e. The lowest BCUT2D eigenvalue weighted by Gasteiger charge is -2.05. The molecular formula is C16H24N2O2S2. The molecule has 1 rings (SSSR count). The minimum absolute atomic E-state index is 0.292. The number of ether oxygens (including phenoxy) is 1. The quantitative estimate of drug-likeness (QED) is 0.158. The van der Waals surface area contributed by atoms with Gasteiger partial charge in [-0.1, -0.05) is 31.2 Å². The number of aryl methyl sites for hydroxylation is 1. The molecule has 1 heterocycles. The minimum atomic E-state index is -0.292. The zero-order valence-corrected chi connectivity index (χ0v) is 15.2. The lowest BCUT2D eigenvalue weighted by atomic mass is 10.2. The number of unbranched alkanes of at least 4 members (excludes halogenated alkanes) is 3. The molecule has 122 valence electrons. The van der Waals surface area contributed by atoms with Crippen LogP contribution in [0.25, 0.3) is 0 Å². The van der Waals surface area contributed by atoms with Crippen molar-refractivity contribution in [3.8, 4) is 0 Å². The Hall–Kier alpha value is -1.01. The van der Waals surface area contributed by atoms with Gasteiger partial charge in [-0.05, 0) is 44.8 Å². The van der Waals surface area contributed by atoms with Crippen molar-refractivity contribution in [2.24, 2.45) is 0 Å². The van der Waals surface area contributed by atoms with Crippen LogP contribution in [-0.2, 0) is 9.53 Å². The molecule has 0 atom stereocenters. The number of rotatable bonds is 10. The predicted octanol–water partition coefficient (Wildman–Crippen LogP) is 4.28. The molecule has 0 radical (unpaired) electrons. The van der Waals surface area contributed by atoms with Gasteiger partial charge in [-0.2, -0.15) is 0 Å². The van der Waals surface area contributed by atoms with E-state index in [1.807, 2.05) is 19.2 Å². The molecule has 6 heteroatoms. The minimum Gasteiger partial charge on any atom is -0.462 e. The van der Waals surface area contributed by atoms with Crippen LogP contribution in [0.1, 0.15) is 38.3 Å². The maximum Gasteiger partial charge on any atom is 0.333 e.